The third-order valence-corrected chi connectivity index (χ3v) is 8.27. The van der Waals surface area contributed by atoms with Gasteiger partial charge in [0.15, 0.2) is 0 Å². The Bertz CT molecular complexity index is 1030. The predicted molar refractivity (Wildman–Crippen MR) is 141 cm³/mol. The Balaban J connectivity index is 2.15. The average molecular weight is 501 g/mol. The van der Waals surface area contributed by atoms with Gasteiger partial charge in [0.2, 0.25) is 11.8 Å². The maximum absolute atomic E-state index is 14.1. The third kappa shape index (κ3) is 6.09. The fraction of sp³-hybridized carbons (Fsp3) is 0.679. The van der Waals surface area contributed by atoms with Crippen LogP contribution in [0.2, 0.25) is 0 Å². The fourth-order valence-corrected chi connectivity index (χ4v) is 6.05. The van der Waals surface area contributed by atoms with Gasteiger partial charge in [0.25, 0.3) is 0 Å². The Morgan fingerprint density at radius 3 is 2.31 bits per heavy atom. The van der Waals surface area contributed by atoms with Crippen molar-refractivity contribution >= 4 is 34.8 Å². The number of piperidine rings is 1. The number of carboxylic acids is 1. The monoisotopic (exact) mass is 500 g/mol. The van der Waals surface area contributed by atoms with Crippen LogP contribution in [0.4, 0.5) is 5.69 Å². The minimum atomic E-state index is -1.09. The molecular formula is C28H40N2O4S. The molecule has 2 heterocycles. The van der Waals surface area contributed by atoms with Crippen molar-refractivity contribution in [2.75, 3.05) is 11.4 Å². The van der Waals surface area contributed by atoms with Crippen molar-refractivity contribution < 1.29 is 19.5 Å². The number of amides is 2. The minimum Gasteiger partial charge on any atom is -0.477 e. The number of carboxylic acid groups (broad SMARTS) is 1. The zero-order chi connectivity index (χ0) is 26.1. The summed E-state index contributed by atoms with van der Waals surface area (Å²) < 4.78 is 0. The number of likely N-dealkylation sites (tertiary alicyclic amines) is 1. The van der Waals surface area contributed by atoms with Gasteiger partial charge in [-0.15, -0.1) is 11.3 Å². The highest BCUT2D eigenvalue weighted by Crippen LogP contribution is 2.41. The Labute approximate surface area is 214 Å². The Morgan fingerprint density at radius 2 is 1.77 bits per heavy atom. The maximum Gasteiger partial charge on any atom is 0.348 e. The van der Waals surface area contributed by atoms with Crippen LogP contribution < -0.4 is 4.90 Å². The minimum absolute atomic E-state index is 0.0218. The first kappa shape index (κ1) is 27.3. The van der Waals surface area contributed by atoms with Gasteiger partial charge < -0.3 is 10.0 Å². The van der Waals surface area contributed by atoms with Crippen molar-refractivity contribution in [2.24, 2.45) is 17.3 Å². The molecule has 1 N–H and O–H groups in total. The standard InChI is InChI=1S/C28H40N2O4S/c1-17(2)29-16-8-9-21(26(29)32)30(25(31)20-12-10-18(3)11-13-20)23-19(4)22(14-15-28(5,6)7)35-24(23)27(33)34/h17-18,20-21H,8-13,16H2,1-7H3,(H,33,34). The Hall–Kier alpha value is -2.33. The molecule has 7 heteroatoms. The van der Waals surface area contributed by atoms with Gasteiger partial charge in [-0.3, -0.25) is 14.5 Å². The van der Waals surface area contributed by atoms with Gasteiger partial charge in [0.1, 0.15) is 10.9 Å². The molecule has 1 saturated carbocycles. The molecule has 0 bridgehead atoms. The van der Waals surface area contributed by atoms with Crippen LogP contribution in [0, 0.1) is 36.0 Å². The zero-order valence-corrected chi connectivity index (χ0v) is 23.1. The van der Waals surface area contributed by atoms with Gasteiger partial charge >= 0.3 is 5.97 Å². The van der Waals surface area contributed by atoms with E-state index in [1.54, 1.807) is 4.90 Å². The molecule has 2 fully saturated rings. The van der Waals surface area contributed by atoms with Crippen molar-refractivity contribution in [1.29, 1.82) is 0 Å². The van der Waals surface area contributed by atoms with Crippen LogP contribution in [-0.2, 0) is 9.59 Å². The van der Waals surface area contributed by atoms with Crippen LogP contribution in [0.5, 0.6) is 0 Å². The molecule has 1 unspecified atom stereocenters. The van der Waals surface area contributed by atoms with E-state index in [4.69, 9.17) is 0 Å². The number of anilines is 1. The number of carbonyl (C=O) groups excluding carboxylic acids is 2. The second-order valence-electron chi connectivity index (χ2n) is 11.5. The lowest BCUT2D eigenvalue weighted by molar-refractivity contribution is -0.139. The molecule has 0 aromatic carbocycles. The molecule has 0 radical (unpaired) electrons. The topological polar surface area (TPSA) is 77.9 Å². The number of thiophene rings is 1. The molecule has 35 heavy (non-hydrogen) atoms. The summed E-state index contributed by atoms with van der Waals surface area (Å²) in [5, 5.41) is 10.1. The molecule has 3 rings (SSSR count). The summed E-state index contributed by atoms with van der Waals surface area (Å²) in [5.74, 6) is 5.45. The zero-order valence-electron chi connectivity index (χ0n) is 22.2. The van der Waals surface area contributed by atoms with Crippen LogP contribution in [-0.4, -0.2) is 46.4 Å². The first-order valence-electron chi connectivity index (χ1n) is 12.8. The molecular weight excluding hydrogens is 460 g/mol. The van der Waals surface area contributed by atoms with Gasteiger partial charge in [-0.25, -0.2) is 4.79 Å². The quantitative estimate of drug-likeness (QED) is 0.525. The van der Waals surface area contributed by atoms with E-state index in [0.29, 0.717) is 35.0 Å². The van der Waals surface area contributed by atoms with Crippen LogP contribution in [0.15, 0.2) is 0 Å². The second kappa shape index (κ2) is 10.7. The predicted octanol–water partition coefficient (Wildman–Crippen LogP) is 5.71. The summed E-state index contributed by atoms with van der Waals surface area (Å²) in [4.78, 5) is 44.3. The first-order valence-corrected chi connectivity index (χ1v) is 13.7. The summed E-state index contributed by atoms with van der Waals surface area (Å²) in [6, 6.07) is -0.665. The summed E-state index contributed by atoms with van der Waals surface area (Å²) in [5.41, 5.74) is 0.801. The number of hydrogen-bond acceptors (Lipinski definition) is 4. The molecule has 192 valence electrons. The largest absolute Gasteiger partial charge is 0.477 e. The average Bonchev–Trinajstić information content (AvgIpc) is 3.10. The Kier molecular flexibility index (Phi) is 8.36. The highest BCUT2D eigenvalue weighted by molar-refractivity contribution is 7.15. The highest BCUT2D eigenvalue weighted by atomic mass is 32.1. The fourth-order valence-electron chi connectivity index (χ4n) is 5.06. The van der Waals surface area contributed by atoms with Crippen LogP contribution >= 0.6 is 11.3 Å². The van der Waals surface area contributed by atoms with E-state index in [1.165, 1.54) is 0 Å². The van der Waals surface area contributed by atoms with Crippen LogP contribution in [0.25, 0.3) is 0 Å². The number of carbonyl (C=O) groups is 3. The molecule has 2 amide bonds. The molecule has 6 nitrogen and oxygen atoms in total. The molecule has 1 aromatic heterocycles. The lowest BCUT2D eigenvalue weighted by Gasteiger charge is -2.42. The summed E-state index contributed by atoms with van der Waals surface area (Å²) in [6.07, 6.45) is 4.80. The van der Waals surface area contributed by atoms with Crippen molar-refractivity contribution in [3.63, 3.8) is 0 Å². The van der Waals surface area contributed by atoms with E-state index in [2.05, 4.69) is 18.8 Å². The number of hydrogen-bond donors (Lipinski definition) is 1. The van der Waals surface area contributed by atoms with Gasteiger partial charge in [-0.2, -0.15) is 0 Å². The second-order valence-corrected chi connectivity index (χ2v) is 12.5. The van der Waals surface area contributed by atoms with Gasteiger partial charge in [0, 0.05) is 29.5 Å². The maximum atomic E-state index is 14.1. The smallest absolute Gasteiger partial charge is 0.348 e. The molecule has 2 aliphatic rings. The van der Waals surface area contributed by atoms with Crippen LogP contribution in [0.1, 0.15) is 100 Å². The van der Waals surface area contributed by atoms with E-state index < -0.39 is 12.0 Å². The highest BCUT2D eigenvalue weighted by Gasteiger charge is 2.43. The SMILES string of the molecule is Cc1c(C#CC(C)(C)C)sc(C(=O)O)c1N(C(=O)C1CCC(C)CC1)C1CCCN(C(C)C)C1=O. The summed E-state index contributed by atoms with van der Waals surface area (Å²) in [7, 11) is 0. The third-order valence-electron chi connectivity index (χ3n) is 7.08. The van der Waals surface area contributed by atoms with Gasteiger partial charge in [-0.05, 0) is 86.0 Å². The number of aromatic carboxylic acids is 1. The Morgan fingerprint density at radius 1 is 1.14 bits per heavy atom. The molecule has 0 spiro atoms. The molecule has 1 aliphatic carbocycles. The normalized spacial score (nSPS) is 23.1. The lowest BCUT2D eigenvalue weighted by Crippen LogP contribution is -2.57. The van der Waals surface area contributed by atoms with Crippen LogP contribution in [0.3, 0.4) is 0 Å². The van der Waals surface area contributed by atoms with Crippen molar-refractivity contribution in [1.82, 2.24) is 4.90 Å². The molecule has 1 atom stereocenters. The molecule has 1 saturated heterocycles. The molecule has 1 aliphatic heterocycles. The van der Waals surface area contributed by atoms with Crippen molar-refractivity contribution in [3.8, 4) is 11.8 Å². The van der Waals surface area contributed by atoms with E-state index in [-0.39, 0.29) is 34.1 Å². The van der Waals surface area contributed by atoms with Crippen molar-refractivity contribution in [3.05, 3.63) is 15.3 Å². The summed E-state index contributed by atoms with van der Waals surface area (Å²) in [6.45, 7) is 14.7. The van der Waals surface area contributed by atoms with E-state index in [9.17, 15) is 19.5 Å². The van der Waals surface area contributed by atoms with E-state index in [1.807, 2.05) is 46.4 Å². The van der Waals surface area contributed by atoms with Gasteiger partial charge in [0.05, 0.1) is 10.6 Å². The molecule has 1 aromatic rings. The van der Waals surface area contributed by atoms with Gasteiger partial charge in [-0.1, -0.05) is 18.8 Å². The summed E-state index contributed by atoms with van der Waals surface area (Å²) >= 11 is 1.11. The number of rotatable bonds is 5. The van der Waals surface area contributed by atoms with Crippen molar-refractivity contribution in [2.45, 2.75) is 99.1 Å². The lowest BCUT2D eigenvalue weighted by atomic mass is 9.81. The van der Waals surface area contributed by atoms with E-state index in [0.717, 1.165) is 43.4 Å². The number of nitrogens with zero attached hydrogens (tertiary/aromatic N) is 2. The first-order chi connectivity index (χ1) is 16.3. The van der Waals surface area contributed by atoms with E-state index >= 15 is 0 Å².